The van der Waals surface area contributed by atoms with Gasteiger partial charge in [0.25, 0.3) is 0 Å². The van der Waals surface area contributed by atoms with Crippen molar-refractivity contribution >= 4 is 23.1 Å². The molecule has 3 aromatic heterocycles. The van der Waals surface area contributed by atoms with Gasteiger partial charge in [0.2, 0.25) is 5.88 Å². The van der Waals surface area contributed by atoms with Gasteiger partial charge in [0.1, 0.15) is 12.3 Å². The molecular weight excluding hydrogens is 412 g/mol. The highest BCUT2D eigenvalue weighted by molar-refractivity contribution is 6.30. The van der Waals surface area contributed by atoms with E-state index < -0.39 is 0 Å². The van der Waals surface area contributed by atoms with Crippen LogP contribution in [-0.4, -0.2) is 50.4 Å². The van der Waals surface area contributed by atoms with Crippen LogP contribution in [0.4, 0.5) is 5.82 Å². The summed E-state index contributed by atoms with van der Waals surface area (Å²) < 4.78 is 7.86. The number of nitrogens with zero attached hydrogens (tertiary/aromatic N) is 6. The van der Waals surface area contributed by atoms with Crippen LogP contribution in [0.2, 0.25) is 5.02 Å². The lowest BCUT2D eigenvalue weighted by Crippen LogP contribution is -2.46. The van der Waals surface area contributed by atoms with E-state index in [0.29, 0.717) is 17.5 Å². The Morgan fingerprint density at radius 1 is 0.968 bits per heavy atom. The Labute approximate surface area is 185 Å². The Morgan fingerprint density at radius 3 is 2.74 bits per heavy atom. The molecule has 1 saturated heterocycles. The fourth-order valence-corrected chi connectivity index (χ4v) is 4.00. The zero-order valence-electron chi connectivity index (χ0n) is 17.1. The molecule has 1 aliphatic rings. The van der Waals surface area contributed by atoms with Gasteiger partial charge in [-0.15, -0.1) is 0 Å². The molecule has 31 heavy (non-hydrogen) atoms. The van der Waals surface area contributed by atoms with Crippen LogP contribution in [0.25, 0.3) is 5.65 Å². The van der Waals surface area contributed by atoms with E-state index in [1.165, 1.54) is 5.56 Å². The molecule has 0 spiro atoms. The van der Waals surface area contributed by atoms with E-state index in [-0.39, 0.29) is 0 Å². The summed E-state index contributed by atoms with van der Waals surface area (Å²) in [4.78, 5) is 18.1. The molecule has 158 valence electrons. The van der Waals surface area contributed by atoms with Crippen LogP contribution in [-0.2, 0) is 13.2 Å². The normalized spacial score (nSPS) is 14.8. The number of hydrogen-bond acceptors (Lipinski definition) is 6. The Hall–Kier alpha value is -3.16. The first kappa shape index (κ1) is 19.8. The van der Waals surface area contributed by atoms with Gasteiger partial charge in [-0.25, -0.2) is 4.98 Å². The number of hydrogen-bond donors (Lipinski definition) is 0. The largest absolute Gasteiger partial charge is 0.472 e. The summed E-state index contributed by atoms with van der Waals surface area (Å²) in [6, 6.07) is 11.9. The highest BCUT2D eigenvalue weighted by atomic mass is 35.5. The van der Waals surface area contributed by atoms with E-state index in [4.69, 9.17) is 16.3 Å². The van der Waals surface area contributed by atoms with Crippen molar-refractivity contribution in [3.8, 4) is 5.88 Å². The van der Waals surface area contributed by atoms with Gasteiger partial charge < -0.3 is 14.0 Å². The molecule has 1 aromatic carbocycles. The van der Waals surface area contributed by atoms with Crippen LogP contribution < -0.4 is 9.64 Å². The molecule has 5 rings (SSSR count). The number of benzene rings is 1. The van der Waals surface area contributed by atoms with Gasteiger partial charge >= 0.3 is 0 Å². The lowest BCUT2D eigenvalue weighted by Gasteiger charge is -2.35. The smallest absolute Gasteiger partial charge is 0.234 e. The number of halogens is 1. The van der Waals surface area contributed by atoms with Gasteiger partial charge in [0, 0.05) is 56.3 Å². The number of aromatic nitrogens is 4. The third-order valence-electron chi connectivity index (χ3n) is 5.44. The summed E-state index contributed by atoms with van der Waals surface area (Å²) >= 11 is 6.04. The summed E-state index contributed by atoms with van der Waals surface area (Å²) in [6.07, 6.45) is 9.31. The van der Waals surface area contributed by atoms with Crippen LogP contribution in [0.5, 0.6) is 5.88 Å². The standard InChI is InChI=1S/C23H23ClN6O/c24-20-3-1-2-19(12-20)17-31-23-15-25-14-22(27-23)30-10-8-28(9-11-30)16-18-4-6-29-7-5-26-21(29)13-18/h1-7,12-15H,8-11,16-17H2. The molecule has 1 fully saturated rings. The van der Waals surface area contributed by atoms with Crippen LogP contribution in [0, 0.1) is 0 Å². The number of imidazole rings is 1. The number of anilines is 1. The highest BCUT2D eigenvalue weighted by Gasteiger charge is 2.19. The molecule has 4 aromatic rings. The number of fused-ring (bicyclic) bond motifs is 1. The molecule has 0 aliphatic carbocycles. The van der Waals surface area contributed by atoms with Crippen LogP contribution in [0.1, 0.15) is 11.1 Å². The van der Waals surface area contributed by atoms with Gasteiger partial charge in [-0.05, 0) is 35.4 Å². The first-order valence-electron chi connectivity index (χ1n) is 10.3. The van der Waals surface area contributed by atoms with E-state index in [2.05, 4.69) is 43.1 Å². The maximum atomic E-state index is 6.04. The van der Waals surface area contributed by atoms with Crippen molar-refractivity contribution in [1.29, 1.82) is 0 Å². The van der Waals surface area contributed by atoms with Crippen LogP contribution >= 0.6 is 11.6 Å². The summed E-state index contributed by atoms with van der Waals surface area (Å²) in [7, 11) is 0. The van der Waals surface area contributed by atoms with Crippen molar-refractivity contribution in [3.63, 3.8) is 0 Å². The van der Waals surface area contributed by atoms with Crippen LogP contribution in [0.3, 0.4) is 0 Å². The predicted molar refractivity (Wildman–Crippen MR) is 120 cm³/mol. The molecule has 7 nitrogen and oxygen atoms in total. The second kappa shape index (κ2) is 8.91. The van der Waals surface area contributed by atoms with E-state index >= 15 is 0 Å². The minimum atomic E-state index is 0.410. The number of piperazine rings is 1. The molecule has 0 saturated carbocycles. The minimum Gasteiger partial charge on any atom is -0.472 e. The molecular formula is C23H23ClN6O. The summed E-state index contributed by atoms with van der Waals surface area (Å²) in [5, 5.41) is 0.698. The number of ether oxygens (including phenoxy) is 1. The van der Waals surface area contributed by atoms with Crippen molar-refractivity contribution < 1.29 is 4.74 Å². The first-order valence-corrected chi connectivity index (χ1v) is 10.7. The fraction of sp³-hybridized carbons (Fsp3) is 0.261. The lowest BCUT2D eigenvalue weighted by atomic mass is 10.2. The van der Waals surface area contributed by atoms with E-state index in [0.717, 1.165) is 49.8 Å². The van der Waals surface area contributed by atoms with Crippen molar-refractivity contribution in [2.75, 3.05) is 31.1 Å². The Kier molecular flexibility index (Phi) is 5.69. The quantitative estimate of drug-likeness (QED) is 0.461. The van der Waals surface area contributed by atoms with Gasteiger partial charge in [0.15, 0.2) is 5.82 Å². The van der Waals surface area contributed by atoms with Gasteiger partial charge in [-0.3, -0.25) is 9.88 Å². The zero-order chi connectivity index (χ0) is 21.0. The monoisotopic (exact) mass is 434 g/mol. The minimum absolute atomic E-state index is 0.410. The van der Waals surface area contributed by atoms with E-state index in [1.807, 2.05) is 41.1 Å². The average Bonchev–Trinajstić information content (AvgIpc) is 3.26. The molecule has 0 amide bonds. The maximum absolute atomic E-state index is 6.04. The van der Waals surface area contributed by atoms with E-state index in [9.17, 15) is 0 Å². The Balaban J connectivity index is 1.17. The second-order valence-corrected chi connectivity index (χ2v) is 8.06. The molecule has 0 radical (unpaired) electrons. The van der Waals surface area contributed by atoms with Crippen molar-refractivity contribution in [1.82, 2.24) is 24.3 Å². The van der Waals surface area contributed by atoms with Crippen LogP contribution in [0.15, 0.2) is 67.4 Å². The Bertz CT molecular complexity index is 1170. The third-order valence-corrected chi connectivity index (χ3v) is 5.68. The molecule has 0 bridgehead atoms. The van der Waals surface area contributed by atoms with Crippen molar-refractivity contribution in [2.24, 2.45) is 0 Å². The van der Waals surface area contributed by atoms with Crippen molar-refractivity contribution in [2.45, 2.75) is 13.2 Å². The van der Waals surface area contributed by atoms with Gasteiger partial charge in [0.05, 0.1) is 12.4 Å². The summed E-state index contributed by atoms with van der Waals surface area (Å²) in [5.74, 6) is 1.37. The molecule has 4 heterocycles. The lowest BCUT2D eigenvalue weighted by molar-refractivity contribution is 0.248. The maximum Gasteiger partial charge on any atom is 0.234 e. The fourth-order valence-electron chi connectivity index (χ4n) is 3.79. The third kappa shape index (κ3) is 4.78. The topological polar surface area (TPSA) is 58.8 Å². The predicted octanol–water partition coefficient (Wildman–Crippen LogP) is 3.68. The molecule has 0 N–H and O–H groups in total. The van der Waals surface area contributed by atoms with E-state index in [1.54, 1.807) is 12.4 Å². The molecule has 0 unspecified atom stereocenters. The van der Waals surface area contributed by atoms with Crippen molar-refractivity contribution in [3.05, 3.63) is 83.5 Å². The molecule has 8 heteroatoms. The molecule has 1 aliphatic heterocycles. The summed E-state index contributed by atoms with van der Waals surface area (Å²) in [6.45, 7) is 5.07. The highest BCUT2D eigenvalue weighted by Crippen LogP contribution is 2.19. The summed E-state index contributed by atoms with van der Waals surface area (Å²) in [5.41, 5.74) is 3.27. The molecule has 0 atom stereocenters. The SMILES string of the molecule is Clc1cccc(COc2cncc(N3CCN(Cc4ccn5ccnc5c4)CC3)n2)c1. The van der Waals surface area contributed by atoms with Gasteiger partial charge in [-0.2, -0.15) is 4.98 Å². The zero-order valence-corrected chi connectivity index (χ0v) is 17.8. The number of rotatable bonds is 6. The second-order valence-electron chi connectivity index (χ2n) is 7.63. The first-order chi connectivity index (χ1) is 15.2. The average molecular weight is 435 g/mol. The Morgan fingerprint density at radius 2 is 1.87 bits per heavy atom. The number of pyridine rings is 1. The van der Waals surface area contributed by atoms with Gasteiger partial charge in [-0.1, -0.05) is 23.7 Å².